The summed E-state index contributed by atoms with van der Waals surface area (Å²) in [5.41, 5.74) is 5.38. The van der Waals surface area contributed by atoms with Crippen LogP contribution in [0.15, 0.2) is 30.6 Å². The number of benzene rings is 1. The van der Waals surface area contributed by atoms with Gasteiger partial charge in [0.15, 0.2) is 0 Å². The van der Waals surface area contributed by atoms with E-state index in [4.69, 9.17) is 15.3 Å². The second-order valence-corrected chi connectivity index (χ2v) is 4.28. The third kappa shape index (κ3) is 2.71. The minimum Gasteiger partial charge on any atom is -0.496 e. The summed E-state index contributed by atoms with van der Waals surface area (Å²) in [5.74, 6) is 6.95. The molecule has 0 aliphatic carbocycles. The van der Waals surface area contributed by atoms with E-state index in [2.05, 4.69) is 15.4 Å². The zero-order valence-electron chi connectivity index (χ0n) is 11.8. The van der Waals surface area contributed by atoms with Crippen LogP contribution in [0.2, 0.25) is 0 Å². The monoisotopic (exact) mass is 274 g/mol. The first-order chi connectivity index (χ1) is 9.71. The number of aromatic nitrogens is 2. The molecule has 106 valence electrons. The van der Waals surface area contributed by atoms with Crippen LogP contribution < -0.4 is 20.7 Å². The van der Waals surface area contributed by atoms with Gasteiger partial charge in [-0.15, -0.1) is 0 Å². The number of hydrogen-bond acceptors (Lipinski definition) is 6. The van der Waals surface area contributed by atoms with Crippen LogP contribution in [0.4, 0.5) is 0 Å². The van der Waals surface area contributed by atoms with Crippen molar-refractivity contribution in [3.05, 3.63) is 47.4 Å². The summed E-state index contributed by atoms with van der Waals surface area (Å²) in [4.78, 5) is 8.45. The van der Waals surface area contributed by atoms with Gasteiger partial charge in [0, 0.05) is 12.4 Å². The largest absolute Gasteiger partial charge is 0.496 e. The maximum absolute atomic E-state index is 5.68. The van der Waals surface area contributed by atoms with Crippen molar-refractivity contribution in [2.75, 3.05) is 14.2 Å². The predicted molar refractivity (Wildman–Crippen MR) is 75.5 cm³/mol. The van der Waals surface area contributed by atoms with E-state index in [1.807, 2.05) is 25.1 Å². The summed E-state index contributed by atoms with van der Waals surface area (Å²) in [7, 11) is 3.20. The Balaban J connectivity index is 2.44. The molecule has 1 unspecified atom stereocenters. The molecule has 1 atom stereocenters. The van der Waals surface area contributed by atoms with Crippen molar-refractivity contribution >= 4 is 0 Å². The van der Waals surface area contributed by atoms with Crippen molar-refractivity contribution in [3.63, 3.8) is 0 Å². The van der Waals surface area contributed by atoms with Crippen molar-refractivity contribution < 1.29 is 9.47 Å². The fourth-order valence-corrected chi connectivity index (χ4v) is 2.11. The number of methoxy groups -OCH3 is 2. The lowest BCUT2D eigenvalue weighted by Crippen LogP contribution is -2.30. The summed E-state index contributed by atoms with van der Waals surface area (Å²) in [5, 5.41) is 0. The van der Waals surface area contributed by atoms with Crippen LogP contribution in [0.1, 0.15) is 22.9 Å². The lowest BCUT2D eigenvalue weighted by molar-refractivity contribution is 0.382. The second kappa shape index (κ2) is 6.31. The maximum Gasteiger partial charge on any atom is 0.237 e. The molecule has 0 radical (unpaired) electrons. The molecule has 1 aromatic carbocycles. The predicted octanol–water partition coefficient (Wildman–Crippen LogP) is 1.35. The Morgan fingerprint density at radius 3 is 2.50 bits per heavy atom. The number of ether oxygens (including phenoxy) is 2. The van der Waals surface area contributed by atoms with Gasteiger partial charge in [-0.05, 0) is 24.1 Å². The Kier molecular flexibility index (Phi) is 4.49. The molecule has 2 aromatic rings. The van der Waals surface area contributed by atoms with Gasteiger partial charge in [0.2, 0.25) is 5.88 Å². The molecular formula is C14H18N4O2. The average Bonchev–Trinajstić information content (AvgIpc) is 2.49. The Hall–Kier alpha value is -2.18. The van der Waals surface area contributed by atoms with Crippen molar-refractivity contribution in [1.82, 2.24) is 15.4 Å². The number of nitrogens with zero attached hydrogens (tertiary/aromatic N) is 2. The van der Waals surface area contributed by atoms with Crippen molar-refractivity contribution in [3.8, 4) is 11.6 Å². The molecule has 20 heavy (non-hydrogen) atoms. The van der Waals surface area contributed by atoms with Crippen molar-refractivity contribution in [1.29, 1.82) is 0 Å². The van der Waals surface area contributed by atoms with Crippen LogP contribution in [0, 0.1) is 6.92 Å². The Labute approximate surface area is 117 Å². The van der Waals surface area contributed by atoms with E-state index in [0.717, 1.165) is 16.9 Å². The molecule has 0 aliphatic rings. The third-order valence-corrected chi connectivity index (χ3v) is 3.08. The highest BCUT2D eigenvalue weighted by atomic mass is 16.5. The minimum absolute atomic E-state index is 0.303. The first-order valence-electron chi connectivity index (χ1n) is 6.16. The third-order valence-electron chi connectivity index (χ3n) is 3.08. The Bertz CT molecular complexity index is 589. The van der Waals surface area contributed by atoms with Gasteiger partial charge in [0.25, 0.3) is 0 Å². The minimum atomic E-state index is -0.303. The highest BCUT2D eigenvalue weighted by molar-refractivity contribution is 5.41. The maximum atomic E-state index is 5.68. The van der Waals surface area contributed by atoms with E-state index in [9.17, 15) is 0 Å². The van der Waals surface area contributed by atoms with Crippen LogP contribution >= 0.6 is 0 Å². The van der Waals surface area contributed by atoms with Crippen LogP contribution in [0.3, 0.4) is 0 Å². The molecule has 1 aromatic heterocycles. The first-order valence-corrected chi connectivity index (χ1v) is 6.16. The standard InChI is InChI=1S/C14H18N4O2/c1-9-8-10(4-5-11(9)19-2)12(18-15)13-14(20-3)17-7-6-16-13/h4-8,12,18H,15H2,1-3H3. The number of aryl methyl sites for hydroxylation is 1. The van der Waals surface area contributed by atoms with Crippen LogP contribution in [-0.2, 0) is 0 Å². The summed E-state index contributed by atoms with van der Waals surface area (Å²) in [6.07, 6.45) is 3.19. The lowest BCUT2D eigenvalue weighted by Gasteiger charge is -2.18. The van der Waals surface area contributed by atoms with Crippen molar-refractivity contribution in [2.24, 2.45) is 5.84 Å². The molecule has 0 aliphatic heterocycles. The SMILES string of the molecule is COc1ccc(C(NN)c2nccnc2OC)cc1C. The lowest BCUT2D eigenvalue weighted by atomic mass is 10.0. The number of hydrazine groups is 1. The van der Waals surface area contributed by atoms with Gasteiger partial charge >= 0.3 is 0 Å². The van der Waals surface area contributed by atoms with Gasteiger partial charge in [-0.25, -0.2) is 10.4 Å². The van der Waals surface area contributed by atoms with E-state index in [1.54, 1.807) is 26.6 Å². The zero-order chi connectivity index (χ0) is 14.5. The summed E-state index contributed by atoms with van der Waals surface area (Å²) in [6, 6.07) is 5.53. The topological polar surface area (TPSA) is 82.3 Å². The van der Waals surface area contributed by atoms with Crippen LogP contribution in [-0.4, -0.2) is 24.2 Å². The highest BCUT2D eigenvalue weighted by Gasteiger charge is 2.20. The van der Waals surface area contributed by atoms with Crippen molar-refractivity contribution in [2.45, 2.75) is 13.0 Å². The number of nitrogens with two attached hydrogens (primary N) is 1. The normalized spacial score (nSPS) is 12.0. The Morgan fingerprint density at radius 2 is 1.90 bits per heavy atom. The van der Waals surface area contributed by atoms with E-state index >= 15 is 0 Å². The van der Waals surface area contributed by atoms with Gasteiger partial charge in [-0.2, -0.15) is 0 Å². The molecule has 0 fully saturated rings. The quantitative estimate of drug-likeness (QED) is 0.632. The highest BCUT2D eigenvalue weighted by Crippen LogP contribution is 2.28. The molecule has 6 heteroatoms. The first kappa shape index (κ1) is 14.2. The van der Waals surface area contributed by atoms with E-state index in [1.165, 1.54) is 0 Å². The second-order valence-electron chi connectivity index (χ2n) is 4.28. The molecule has 3 N–H and O–H groups in total. The Morgan fingerprint density at radius 1 is 1.15 bits per heavy atom. The van der Waals surface area contributed by atoms with Gasteiger partial charge in [-0.3, -0.25) is 10.8 Å². The molecule has 0 spiro atoms. The summed E-state index contributed by atoms with van der Waals surface area (Å²) < 4.78 is 10.5. The van der Waals surface area contributed by atoms with Gasteiger partial charge < -0.3 is 9.47 Å². The summed E-state index contributed by atoms with van der Waals surface area (Å²) >= 11 is 0. The van der Waals surface area contributed by atoms with E-state index in [-0.39, 0.29) is 6.04 Å². The molecular weight excluding hydrogens is 256 g/mol. The molecule has 0 saturated heterocycles. The van der Waals surface area contributed by atoms with E-state index in [0.29, 0.717) is 11.6 Å². The fraction of sp³-hybridized carbons (Fsp3) is 0.286. The molecule has 6 nitrogen and oxygen atoms in total. The molecule has 1 heterocycles. The van der Waals surface area contributed by atoms with E-state index < -0.39 is 0 Å². The molecule has 2 rings (SSSR count). The fourth-order valence-electron chi connectivity index (χ4n) is 2.11. The van der Waals surface area contributed by atoms with Crippen LogP contribution in [0.25, 0.3) is 0 Å². The average molecular weight is 274 g/mol. The number of hydrogen-bond donors (Lipinski definition) is 2. The smallest absolute Gasteiger partial charge is 0.237 e. The van der Waals surface area contributed by atoms with Gasteiger partial charge in [-0.1, -0.05) is 12.1 Å². The molecule has 0 amide bonds. The van der Waals surface area contributed by atoms with Gasteiger partial charge in [0.1, 0.15) is 11.4 Å². The van der Waals surface area contributed by atoms with Gasteiger partial charge in [0.05, 0.1) is 20.3 Å². The number of nitrogens with one attached hydrogen (secondary N) is 1. The van der Waals surface area contributed by atoms with Crippen LogP contribution in [0.5, 0.6) is 11.6 Å². The molecule has 0 bridgehead atoms. The molecule has 0 saturated carbocycles. The zero-order valence-corrected chi connectivity index (χ0v) is 11.8. The number of rotatable bonds is 5. The summed E-state index contributed by atoms with van der Waals surface area (Å²) in [6.45, 7) is 1.98.